The zero-order valence-electron chi connectivity index (χ0n) is 16.4. The Morgan fingerprint density at radius 2 is 2.00 bits per heavy atom. The summed E-state index contributed by atoms with van der Waals surface area (Å²) in [6, 6.07) is 11.9. The van der Waals surface area contributed by atoms with Crippen molar-refractivity contribution in [1.82, 2.24) is 4.90 Å². The normalized spacial score (nSPS) is 17.1. The van der Waals surface area contributed by atoms with Crippen LogP contribution in [0.2, 0.25) is 0 Å². The average Bonchev–Trinajstić information content (AvgIpc) is 2.74. The molecule has 0 radical (unpaired) electrons. The lowest BCUT2D eigenvalue weighted by molar-refractivity contribution is -0.168. The monoisotopic (exact) mass is 444 g/mol. The molecule has 31 heavy (non-hydrogen) atoms. The number of carbonyl (C=O) groups is 1. The molecule has 2 aromatic carbocycles. The number of amides is 2. The topological polar surface area (TPSA) is 50.8 Å². The predicted molar refractivity (Wildman–Crippen MR) is 103 cm³/mol. The second-order valence-electron chi connectivity index (χ2n) is 7.01. The quantitative estimate of drug-likeness (QED) is 0.622. The van der Waals surface area contributed by atoms with Crippen LogP contribution in [0.5, 0.6) is 0 Å². The lowest BCUT2D eigenvalue weighted by Crippen LogP contribution is -2.44. The predicted octanol–water partition coefficient (Wildman–Crippen LogP) is 4.85. The van der Waals surface area contributed by atoms with Crippen molar-refractivity contribution in [2.24, 2.45) is 0 Å². The van der Waals surface area contributed by atoms with E-state index in [1.807, 2.05) is 0 Å². The standard InChI is InChI=1S/C21H21F5N2O3/c22-17-7-2-1-6-16(17)18-11-28(8-9-31-18)20(29)27-15-5-3-4-14(10-15)12-30-13-21(25,26)19(23)24/h1-7,10,18-19H,8-9,11-13H2,(H,27,29). The zero-order valence-corrected chi connectivity index (χ0v) is 16.4. The minimum absolute atomic E-state index is 0.151. The van der Waals surface area contributed by atoms with E-state index in [0.717, 1.165) is 0 Å². The highest BCUT2D eigenvalue weighted by Gasteiger charge is 2.40. The van der Waals surface area contributed by atoms with Gasteiger partial charge in [-0.3, -0.25) is 0 Å². The first-order chi connectivity index (χ1) is 14.8. The van der Waals surface area contributed by atoms with Crippen molar-refractivity contribution in [2.75, 3.05) is 31.6 Å². The van der Waals surface area contributed by atoms with E-state index in [2.05, 4.69) is 5.32 Å². The van der Waals surface area contributed by atoms with Crippen LogP contribution in [0, 0.1) is 5.82 Å². The third-order valence-corrected chi connectivity index (χ3v) is 4.67. The van der Waals surface area contributed by atoms with Gasteiger partial charge < -0.3 is 19.7 Å². The summed E-state index contributed by atoms with van der Waals surface area (Å²) < 4.78 is 74.5. The zero-order chi connectivity index (χ0) is 22.4. The number of alkyl halides is 4. The van der Waals surface area contributed by atoms with E-state index in [1.54, 1.807) is 36.4 Å². The molecule has 1 aliphatic heterocycles. The molecule has 1 unspecified atom stereocenters. The number of anilines is 1. The van der Waals surface area contributed by atoms with Crippen LogP contribution in [-0.2, 0) is 16.1 Å². The van der Waals surface area contributed by atoms with Gasteiger partial charge in [0.1, 0.15) is 18.5 Å². The first-order valence-electron chi connectivity index (χ1n) is 9.51. The van der Waals surface area contributed by atoms with Gasteiger partial charge in [0, 0.05) is 17.8 Å². The van der Waals surface area contributed by atoms with Gasteiger partial charge in [-0.05, 0) is 23.8 Å². The molecule has 1 atom stereocenters. The summed E-state index contributed by atoms with van der Waals surface area (Å²) in [5.74, 6) is -4.64. The number of urea groups is 1. The molecule has 0 bridgehead atoms. The number of halogens is 5. The molecule has 1 saturated heterocycles. The van der Waals surface area contributed by atoms with Gasteiger partial charge in [-0.1, -0.05) is 30.3 Å². The number of morpholine rings is 1. The molecule has 5 nitrogen and oxygen atoms in total. The Balaban J connectivity index is 1.56. The van der Waals surface area contributed by atoms with Gasteiger partial charge in [-0.25, -0.2) is 18.0 Å². The van der Waals surface area contributed by atoms with Crippen LogP contribution in [0.1, 0.15) is 17.2 Å². The number of rotatable bonds is 7. The van der Waals surface area contributed by atoms with E-state index in [1.165, 1.54) is 17.0 Å². The van der Waals surface area contributed by atoms with Crippen molar-refractivity contribution in [3.8, 4) is 0 Å². The fourth-order valence-electron chi connectivity index (χ4n) is 3.07. The Morgan fingerprint density at radius 3 is 2.74 bits per heavy atom. The third kappa shape index (κ3) is 6.14. The number of benzene rings is 2. The Hall–Kier alpha value is -2.72. The van der Waals surface area contributed by atoms with Crippen LogP contribution in [0.3, 0.4) is 0 Å². The van der Waals surface area contributed by atoms with Gasteiger partial charge in [0.15, 0.2) is 0 Å². The van der Waals surface area contributed by atoms with Crippen molar-refractivity contribution < 1.29 is 36.2 Å². The lowest BCUT2D eigenvalue weighted by Gasteiger charge is -2.33. The molecule has 0 spiro atoms. The summed E-state index contributed by atoms with van der Waals surface area (Å²) in [5, 5.41) is 2.68. The highest BCUT2D eigenvalue weighted by Crippen LogP contribution is 2.26. The van der Waals surface area contributed by atoms with Crippen molar-refractivity contribution in [1.29, 1.82) is 0 Å². The number of nitrogens with zero attached hydrogens (tertiary/aromatic N) is 1. The third-order valence-electron chi connectivity index (χ3n) is 4.67. The van der Waals surface area contributed by atoms with Crippen LogP contribution >= 0.6 is 0 Å². The molecule has 1 fully saturated rings. The van der Waals surface area contributed by atoms with Gasteiger partial charge in [-0.15, -0.1) is 0 Å². The van der Waals surface area contributed by atoms with E-state index in [9.17, 15) is 26.7 Å². The summed E-state index contributed by atoms with van der Waals surface area (Å²) in [4.78, 5) is 14.1. The summed E-state index contributed by atoms with van der Waals surface area (Å²) >= 11 is 0. The fourth-order valence-corrected chi connectivity index (χ4v) is 3.07. The molecule has 2 aromatic rings. The second-order valence-corrected chi connectivity index (χ2v) is 7.01. The van der Waals surface area contributed by atoms with Gasteiger partial charge in [-0.2, -0.15) is 8.78 Å². The van der Waals surface area contributed by atoms with Crippen molar-refractivity contribution in [3.63, 3.8) is 0 Å². The molecule has 10 heteroatoms. The Labute approximate surface area is 175 Å². The van der Waals surface area contributed by atoms with E-state index in [0.29, 0.717) is 23.4 Å². The summed E-state index contributed by atoms with van der Waals surface area (Å²) in [7, 11) is 0. The van der Waals surface area contributed by atoms with Gasteiger partial charge in [0.2, 0.25) is 0 Å². The molecule has 0 aromatic heterocycles. The molecule has 3 rings (SSSR count). The molecule has 1 heterocycles. The fraction of sp³-hybridized carbons (Fsp3) is 0.381. The maximum Gasteiger partial charge on any atom is 0.330 e. The lowest BCUT2D eigenvalue weighted by atomic mass is 10.1. The van der Waals surface area contributed by atoms with Crippen LogP contribution < -0.4 is 5.32 Å². The number of carbonyl (C=O) groups excluding carboxylic acids is 1. The highest BCUT2D eigenvalue weighted by atomic mass is 19.3. The van der Waals surface area contributed by atoms with Crippen LogP contribution in [0.15, 0.2) is 48.5 Å². The first-order valence-corrected chi connectivity index (χ1v) is 9.51. The van der Waals surface area contributed by atoms with Gasteiger partial charge in [0.05, 0.1) is 19.8 Å². The Bertz CT molecular complexity index is 897. The van der Waals surface area contributed by atoms with E-state index < -0.39 is 36.9 Å². The van der Waals surface area contributed by atoms with E-state index >= 15 is 0 Å². The Morgan fingerprint density at radius 1 is 1.23 bits per heavy atom. The number of hydrogen-bond acceptors (Lipinski definition) is 3. The van der Waals surface area contributed by atoms with E-state index in [-0.39, 0.29) is 19.8 Å². The van der Waals surface area contributed by atoms with Crippen LogP contribution in [0.4, 0.5) is 32.4 Å². The minimum atomic E-state index is -4.23. The first kappa shape index (κ1) is 23.0. The maximum atomic E-state index is 14.0. The number of ether oxygens (including phenoxy) is 2. The number of hydrogen-bond donors (Lipinski definition) is 1. The summed E-state index contributed by atoms with van der Waals surface area (Å²) in [5.41, 5.74) is 1.16. The van der Waals surface area contributed by atoms with Gasteiger partial charge >= 0.3 is 18.4 Å². The van der Waals surface area contributed by atoms with Crippen molar-refractivity contribution in [3.05, 3.63) is 65.5 Å². The summed E-state index contributed by atoms with van der Waals surface area (Å²) in [6.07, 6.45) is -4.41. The average molecular weight is 444 g/mol. The Kier molecular flexibility index (Phi) is 7.45. The second kappa shape index (κ2) is 10.1. The van der Waals surface area contributed by atoms with Crippen molar-refractivity contribution in [2.45, 2.75) is 25.1 Å². The minimum Gasteiger partial charge on any atom is -0.370 e. The smallest absolute Gasteiger partial charge is 0.330 e. The van der Waals surface area contributed by atoms with Crippen LogP contribution in [-0.4, -0.2) is 49.6 Å². The molecular formula is C21H21F5N2O3. The molecular weight excluding hydrogens is 423 g/mol. The molecule has 1 N–H and O–H groups in total. The highest BCUT2D eigenvalue weighted by molar-refractivity contribution is 5.89. The SMILES string of the molecule is O=C(Nc1cccc(COCC(F)(F)C(F)F)c1)N1CCOC(c2ccccc2F)C1. The maximum absolute atomic E-state index is 14.0. The van der Waals surface area contributed by atoms with Crippen LogP contribution in [0.25, 0.3) is 0 Å². The molecule has 168 valence electrons. The largest absolute Gasteiger partial charge is 0.370 e. The molecule has 1 aliphatic rings. The molecule has 2 amide bonds. The molecule has 0 saturated carbocycles. The number of nitrogens with one attached hydrogen (secondary N) is 1. The summed E-state index contributed by atoms with van der Waals surface area (Å²) in [6.45, 7) is -1.04. The molecule has 0 aliphatic carbocycles. The van der Waals surface area contributed by atoms with Crippen molar-refractivity contribution >= 4 is 11.7 Å². The van der Waals surface area contributed by atoms with E-state index in [4.69, 9.17) is 9.47 Å². The van der Waals surface area contributed by atoms with Gasteiger partial charge in [0.25, 0.3) is 0 Å².